The molecular weight excluding hydrogens is 230 g/mol. The molecular formula is C14H27NO3. The van der Waals surface area contributed by atoms with Gasteiger partial charge >= 0.3 is 5.97 Å². The third kappa shape index (κ3) is 7.30. The normalized spacial score (nSPS) is 14.6. The van der Waals surface area contributed by atoms with Crippen molar-refractivity contribution in [2.75, 3.05) is 6.54 Å². The lowest BCUT2D eigenvalue weighted by molar-refractivity contribution is -0.138. The number of hydrogen-bond acceptors (Lipinski definition) is 2. The van der Waals surface area contributed by atoms with Crippen LogP contribution in [0.4, 0.5) is 0 Å². The van der Waals surface area contributed by atoms with Gasteiger partial charge in [0.25, 0.3) is 0 Å². The van der Waals surface area contributed by atoms with Gasteiger partial charge in [0.2, 0.25) is 5.91 Å². The molecule has 18 heavy (non-hydrogen) atoms. The molecule has 0 rings (SSSR count). The van der Waals surface area contributed by atoms with Gasteiger partial charge in [0.15, 0.2) is 0 Å². The van der Waals surface area contributed by atoms with E-state index in [9.17, 15) is 9.59 Å². The van der Waals surface area contributed by atoms with Crippen LogP contribution < -0.4 is 5.32 Å². The van der Waals surface area contributed by atoms with Gasteiger partial charge in [-0.25, -0.2) is 0 Å². The smallest absolute Gasteiger partial charge is 0.303 e. The lowest BCUT2D eigenvalue weighted by atomic mass is 9.93. The Kier molecular flexibility index (Phi) is 7.64. The standard InChI is InChI=1S/C14H27NO3/c1-9(2)6-12(7-13(16)17)8-15-14(18)11(5)10(3)4/h9-12H,6-8H2,1-5H3,(H,15,18)(H,16,17)/t11?,12-/m0/s1. The quantitative estimate of drug-likeness (QED) is 0.702. The van der Waals surface area contributed by atoms with Crippen LogP contribution in [0, 0.1) is 23.7 Å². The van der Waals surface area contributed by atoms with Gasteiger partial charge in [-0.1, -0.05) is 34.6 Å². The van der Waals surface area contributed by atoms with Crippen molar-refractivity contribution < 1.29 is 14.7 Å². The van der Waals surface area contributed by atoms with Gasteiger partial charge in [-0.15, -0.1) is 0 Å². The Balaban J connectivity index is 4.24. The first-order valence-electron chi connectivity index (χ1n) is 6.73. The van der Waals surface area contributed by atoms with Crippen LogP contribution in [0.5, 0.6) is 0 Å². The summed E-state index contributed by atoms with van der Waals surface area (Å²) in [7, 11) is 0. The van der Waals surface area contributed by atoms with Gasteiger partial charge < -0.3 is 10.4 Å². The third-order valence-electron chi connectivity index (χ3n) is 3.25. The van der Waals surface area contributed by atoms with E-state index in [0.29, 0.717) is 18.4 Å². The predicted octanol–water partition coefficient (Wildman–Crippen LogP) is 2.53. The summed E-state index contributed by atoms with van der Waals surface area (Å²) in [5.74, 6) is -0.0573. The topological polar surface area (TPSA) is 66.4 Å². The maximum atomic E-state index is 11.8. The number of carboxylic acids is 1. The fourth-order valence-corrected chi connectivity index (χ4v) is 1.86. The highest BCUT2D eigenvalue weighted by atomic mass is 16.4. The van der Waals surface area contributed by atoms with Crippen molar-refractivity contribution in [2.45, 2.75) is 47.5 Å². The second-order valence-electron chi connectivity index (χ2n) is 5.87. The van der Waals surface area contributed by atoms with Crippen molar-refractivity contribution in [3.63, 3.8) is 0 Å². The van der Waals surface area contributed by atoms with Crippen LogP contribution in [-0.2, 0) is 9.59 Å². The zero-order valence-corrected chi connectivity index (χ0v) is 12.2. The second kappa shape index (κ2) is 8.11. The summed E-state index contributed by atoms with van der Waals surface area (Å²) in [6.07, 6.45) is 0.942. The molecule has 0 fully saturated rings. The van der Waals surface area contributed by atoms with E-state index in [2.05, 4.69) is 19.2 Å². The molecule has 4 heteroatoms. The molecule has 0 spiro atoms. The lowest BCUT2D eigenvalue weighted by Crippen LogP contribution is -2.36. The molecule has 106 valence electrons. The zero-order chi connectivity index (χ0) is 14.3. The van der Waals surface area contributed by atoms with E-state index in [1.807, 2.05) is 20.8 Å². The Bertz CT molecular complexity index is 274. The monoisotopic (exact) mass is 257 g/mol. The fraction of sp³-hybridized carbons (Fsp3) is 0.857. The van der Waals surface area contributed by atoms with Crippen LogP contribution in [-0.4, -0.2) is 23.5 Å². The summed E-state index contributed by atoms with van der Waals surface area (Å²) in [6.45, 7) is 10.5. The Morgan fingerprint density at radius 1 is 1.11 bits per heavy atom. The Morgan fingerprint density at radius 2 is 1.67 bits per heavy atom. The van der Waals surface area contributed by atoms with Gasteiger partial charge in [0.1, 0.15) is 0 Å². The molecule has 4 nitrogen and oxygen atoms in total. The molecule has 2 N–H and O–H groups in total. The van der Waals surface area contributed by atoms with Gasteiger partial charge in [0.05, 0.1) is 0 Å². The second-order valence-corrected chi connectivity index (χ2v) is 5.87. The Labute approximate surface area is 110 Å². The molecule has 0 saturated carbocycles. The summed E-state index contributed by atoms with van der Waals surface area (Å²) >= 11 is 0. The molecule has 0 aliphatic heterocycles. The molecule has 2 atom stereocenters. The number of nitrogens with one attached hydrogen (secondary N) is 1. The van der Waals surface area contributed by atoms with Crippen molar-refractivity contribution in [3.8, 4) is 0 Å². The average molecular weight is 257 g/mol. The maximum Gasteiger partial charge on any atom is 0.303 e. The van der Waals surface area contributed by atoms with Gasteiger partial charge in [0, 0.05) is 18.9 Å². The molecule has 0 aliphatic carbocycles. The zero-order valence-electron chi connectivity index (χ0n) is 12.2. The summed E-state index contributed by atoms with van der Waals surface area (Å²) in [4.78, 5) is 22.6. The Hall–Kier alpha value is -1.06. The highest BCUT2D eigenvalue weighted by Gasteiger charge is 2.19. The molecule has 1 amide bonds. The summed E-state index contributed by atoms with van der Waals surface area (Å²) in [5, 5.41) is 11.7. The minimum Gasteiger partial charge on any atom is -0.481 e. The van der Waals surface area contributed by atoms with E-state index in [0.717, 1.165) is 6.42 Å². The first-order chi connectivity index (χ1) is 8.23. The molecule has 0 bridgehead atoms. The van der Waals surface area contributed by atoms with E-state index in [4.69, 9.17) is 5.11 Å². The number of carbonyl (C=O) groups is 2. The molecule has 0 aromatic rings. The van der Waals surface area contributed by atoms with Crippen molar-refractivity contribution >= 4 is 11.9 Å². The van der Waals surface area contributed by atoms with Crippen LogP contribution in [0.25, 0.3) is 0 Å². The Morgan fingerprint density at radius 3 is 2.06 bits per heavy atom. The van der Waals surface area contributed by atoms with Gasteiger partial charge in [-0.2, -0.15) is 0 Å². The van der Waals surface area contributed by atoms with Crippen LogP contribution in [0.1, 0.15) is 47.5 Å². The van der Waals surface area contributed by atoms with Crippen LogP contribution in [0.3, 0.4) is 0 Å². The summed E-state index contributed by atoms with van der Waals surface area (Å²) < 4.78 is 0. The van der Waals surface area contributed by atoms with Crippen molar-refractivity contribution in [1.29, 1.82) is 0 Å². The van der Waals surface area contributed by atoms with E-state index in [1.165, 1.54) is 0 Å². The fourth-order valence-electron chi connectivity index (χ4n) is 1.86. The summed E-state index contributed by atoms with van der Waals surface area (Å²) in [5.41, 5.74) is 0. The van der Waals surface area contributed by atoms with E-state index in [-0.39, 0.29) is 24.2 Å². The number of aliphatic carboxylic acids is 1. The minimum absolute atomic E-state index is 0.0177. The highest BCUT2D eigenvalue weighted by molar-refractivity contribution is 5.78. The largest absolute Gasteiger partial charge is 0.481 e. The van der Waals surface area contributed by atoms with Crippen molar-refractivity contribution in [3.05, 3.63) is 0 Å². The van der Waals surface area contributed by atoms with E-state index in [1.54, 1.807) is 0 Å². The predicted molar refractivity (Wildman–Crippen MR) is 72.2 cm³/mol. The van der Waals surface area contributed by atoms with Crippen LogP contribution in [0.15, 0.2) is 0 Å². The summed E-state index contributed by atoms with van der Waals surface area (Å²) in [6, 6.07) is 0. The minimum atomic E-state index is -0.799. The van der Waals surface area contributed by atoms with Crippen LogP contribution >= 0.6 is 0 Å². The number of amides is 1. The first kappa shape index (κ1) is 16.9. The molecule has 0 heterocycles. The van der Waals surface area contributed by atoms with Crippen LogP contribution in [0.2, 0.25) is 0 Å². The molecule has 0 radical (unpaired) electrons. The van der Waals surface area contributed by atoms with Crippen molar-refractivity contribution in [1.82, 2.24) is 5.32 Å². The number of rotatable bonds is 8. The molecule has 1 unspecified atom stereocenters. The highest BCUT2D eigenvalue weighted by Crippen LogP contribution is 2.15. The number of carbonyl (C=O) groups excluding carboxylic acids is 1. The SMILES string of the molecule is CC(C)C[C@H](CNC(=O)C(C)C(C)C)CC(=O)O. The number of hydrogen-bond donors (Lipinski definition) is 2. The molecule has 0 aliphatic rings. The van der Waals surface area contributed by atoms with Gasteiger partial charge in [-0.3, -0.25) is 9.59 Å². The average Bonchev–Trinajstić information content (AvgIpc) is 2.22. The third-order valence-corrected chi connectivity index (χ3v) is 3.25. The first-order valence-corrected chi connectivity index (χ1v) is 6.73. The molecule has 0 saturated heterocycles. The maximum absolute atomic E-state index is 11.8. The molecule has 0 aromatic carbocycles. The van der Waals surface area contributed by atoms with Gasteiger partial charge in [-0.05, 0) is 24.2 Å². The molecule has 0 aromatic heterocycles. The number of carboxylic acid groups (broad SMARTS) is 1. The van der Waals surface area contributed by atoms with E-state index >= 15 is 0 Å². The van der Waals surface area contributed by atoms with Crippen molar-refractivity contribution in [2.24, 2.45) is 23.7 Å². The lowest BCUT2D eigenvalue weighted by Gasteiger charge is -2.20. The van der Waals surface area contributed by atoms with E-state index < -0.39 is 5.97 Å².